The number of nitrogens with one attached hydrogen (secondary N) is 2. The second-order valence-electron chi connectivity index (χ2n) is 14.9. The van der Waals surface area contributed by atoms with Crippen molar-refractivity contribution in [2.45, 2.75) is 36.5 Å². The first-order valence-corrected chi connectivity index (χ1v) is 24.2. The Morgan fingerprint density at radius 2 is 1.07 bits per heavy atom. The predicted molar refractivity (Wildman–Crippen MR) is 246 cm³/mol. The van der Waals surface area contributed by atoms with Gasteiger partial charge in [0.1, 0.15) is 11.6 Å². The second-order valence-corrected chi connectivity index (χ2v) is 18.9. The molecule has 0 fully saturated rings. The maximum absolute atomic E-state index is 13.3. The molecule has 0 aliphatic carbocycles. The number of aromatic nitrogens is 8. The van der Waals surface area contributed by atoms with Gasteiger partial charge in [-0.25, -0.2) is 44.9 Å². The van der Waals surface area contributed by atoms with E-state index in [1.54, 1.807) is 65.1 Å². The average molecular weight is 995 g/mol. The number of carbonyl (C=O) groups is 4. The van der Waals surface area contributed by atoms with Crippen LogP contribution in [0.4, 0.5) is 8.78 Å². The van der Waals surface area contributed by atoms with Gasteiger partial charge in [-0.1, -0.05) is 0 Å². The number of benzene rings is 2. The van der Waals surface area contributed by atoms with Crippen molar-refractivity contribution < 1.29 is 54.3 Å². The maximum atomic E-state index is 13.3. The Balaban J connectivity index is 0.000000206. The van der Waals surface area contributed by atoms with E-state index in [2.05, 4.69) is 45.5 Å². The van der Waals surface area contributed by atoms with Gasteiger partial charge in [0.15, 0.2) is 25.6 Å². The van der Waals surface area contributed by atoms with Crippen LogP contribution in [0.15, 0.2) is 132 Å². The lowest BCUT2D eigenvalue weighted by Crippen LogP contribution is -2.24. The van der Waals surface area contributed by atoms with Crippen LogP contribution in [0.25, 0.3) is 33.2 Å². The molecule has 0 unspecified atom stereocenters. The summed E-state index contributed by atoms with van der Waals surface area (Å²) in [5.74, 6) is -4.40. The lowest BCUT2D eigenvalue weighted by Gasteiger charge is -2.08. The molecule has 24 heteroatoms. The first kappa shape index (κ1) is 49.5. The molecule has 0 saturated heterocycles. The van der Waals surface area contributed by atoms with Crippen LogP contribution in [0, 0.1) is 11.6 Å². The highest BCUT2D eigenvalue weighted by molar-refractivity contribution is 7.92. The minimum Gasteiger partial charge on any atom is -0.469 e. The van der Waals surface area contributed by atoms with Crippen LogP contribution in [-0.2, 0) is 51.8 Å². The third-order valence-electron chi connectivity index (χ3n) is 10.2. The molecule has 2 amide bonds. The van der Waals surface area contributed by atoms with E-state index in [1.165, 1.54) is 80.7 Å². The smallest absolute Gasteiger partial charge is 0.321 e. The molecule has 2 N–H and O–H groups in total. The highest BCUT2D eigenvalue weighted by Gasteiger charge is 2.23. The summed E-state index contributed by atoms with van der Waals surface area (Å²) >= 11 is 0. The van der Waals surface area contributed by atoms with E-state index in [1.807, 2.05) is 0 Å². The molecule has 0 saturated carbocycles. The summed E-state index contributed by atoms with van der Waals surface area (Å²) in [4.78, 5) is 64.6. The average Bonchev–Trinajstić information content (AvgIpc) is 4.00. The number of fused-ring (bicyclic) bond motifs is 2. The number of esters is 2. The van der Waals surface area contributed by atoms with Crippen molar-refractivity contribution in [2.75, 3.05) is 25.2 Å². The van der Waals surface area contributed by atoms with Gasteiger partial charge < -0.3 is 20.1 Å². The summed E-state index contributed by atoms with van der Waals surface area (Å²) < 4.78 is 88.5. The number of ether oxygens (including phenoxy) is 2. The molecular formula is C46H40F2N10O10S2. The molecular weight excluding hydrogens is 955 g/mol. The van der Waals surface area contributed by atoms with Crippen molar-refractivity contribution in [3.8, 4) is 11.4 Å². The molecule has 0 spiro atoms. The van der Waals surface area contributed by atoms with Crippen molar-refractivity contribution in [3.05, 3.63) is 156 Å². The molecule has 8 aromatic rings. The summed E-state index contributed by atoms with van der Waals surface area (Å²) in [6.45, 7) is 1.68. The van der Waals surface area contributed by atoms with E-state index in [4.69, 9.17) is 4.74 Å². The van der Waals surface area contributed by atoms with E-state index in [-0.39, 0.29) is 58.9 Å². The van der Waals surface area contributed by atoms with Crippen molar-refractivity contribution >= 4 is 65.2 Å². The molecule has 2 aromatic carbocycles. The van der Waals surface area contributed by atoms with Crippen LogP contribution in [0.5, 0.6) is 0 Å². The second kappa shape index (κ2) is 21.7. The number of rotatable bonds is 16. The monoisotopic (exact) mass is 994 g/mol. The van der Waals surface area contributed by atoms with Crippen LogP contribution < -0.4 is 10.6 Å². The summed E-state index contributed by atoms with van der Waals surface area (Å²) in [5, 5.41) is 14.6. The van der Waals surface area contributed by atoms with Crippen LogP contribution in [0.3, 0.4) is 0 Å². The van der Waals surface area contributed by atoms with Crippen molar-refractivity contribution in [2.24, 2.45) is 0 Å². The van der Waals surface area contributed by atoms with Crippen LogP contribution in [0.2, 0.25) is 0 Å². The molecule has 0 atom stereocenters. The van der Waals surface area contributed by atoms with E-state index in [9.17, 15) is 44.8 Å². The van der Waals surface area contributed by atoms with E-state index < -0.39 is 54.9 Å². The molecule has 70 heavy (non-hydrogen) atoms. The third kappa shape index (κ3) is 11.8. The first-order valence-electron chi connectivity index (χ1n) is 20.9. The number of carbonyl (C=O) groups excluding carboxylic acids is 4. The summed E-state index contributed by atoms with van der Waals surface area (Å²) in [6, 6.07) is 17.3. The third-order valence-corrected chi connectivity index (χ3v) is 13.3. The van der Waals surface area contributed by atoms with E-state index in [0.29, 0.717) is 44.3 Å². The molecule has 6 aromatic heterocycles. The van der Waals surface area contributed by atoms with Crippen LogP contribution in [0.1, 0.15) is 45.2 Å². The van der Waals surface area contributed by atoms with Crippen molar-refractivity contribution in [1.29, 1.82) is 0 Å². The number of amides is 2. The van der Waals surface area contributed by atoms with Gasteiger partial charge in [-0.15, -0.1) is 0 Å². The Hall–Kier alpha value is -8.38. The van der Waals surface area contributed by atoms with Crippen molar-refractivity contribution in [3.63, 3.8) is 0 Å². The fourth-order valence-corrected chi connectivity index (χ4v) is 8.98. The number of halogens is 2. The number of methoxy groups -OCH3 is 1. The van der Waals surface area contributed by atoms with Gasteiger partial charge in [0.25, 0.3) is 11.8 Å². The van der Waals surface area contributed by atoms with E-state index in [0.717, 1.165) is 0 Å². The predicted octanol–water partition coefficient (Wildman–Crippen LogP) is 4.44. The molecule has 360 valence electrons. The lowest BCUT2D eigenvalue weighted by atomic mass is 10.1. The Kier molecular flexibility index (Phi) is 15.4. The zero-order valence-electron chi connectivity index (χ0n) is 37.0. The molecule has 6 heterocycles. The minimum atomic E-state index is -3.99. The largest absolute Gasteiger partial charge is 0.469 e. The Labute approximate surface area is 397 Å². The Bertz CT molecular complexity index is 3460. The molecule has 0 aliphatic heterocycles. The van der Waals surface area contributed by atoms with E-state index >= 15 is 0 Å². The quantitative estimate of drug-likeness (QED) is 0.127. The Morgan fingerprint density at radius 1 is 0.614 bits per heavy atom. The van der Waals surface area contributed by atoms with Gasteiger partial charge in [0.05, 0.1) is 84.2 Å². The van der Waals surface area contributed by atoms with Gasteiger partial charge in [0.2, 0.25) is 9.84 Å². The lowest BCUT2D eigenvalue weighted by molar-refractivity contribution is -0.141. The topological polar surface area (TPSA) is 266 Å². The molecule has 0 radical (unpaired) electrons. The number of sulfone groups is 2. The molecule has 0 bridgehead atoms. The summed E-state index contributed by atoms with van der Waals surface area (Å²) in [6.07, 6.45) is 11.3. The zero-order valence-corrected chi connectivity index (χ0v) is 38.7. The number of hydrogen-bond donors (Lipinski definition) is 2. The van der Waals surface area contributed by atoms with Crippen molar-refractivity contribution in [1.82, 2.24) is 50.1 Å². The normalized spacial score (nSPS) is 11.4. The number of pyridine rings is 4. The van der Waals surface area contributed by atoms with Gasteiger partial charge in [-0.05, 0) is 90.8 Å². The first-order chi connectivity index (χ1) is 33.6. The van der Waals surface area contributed by atoms with Crippen LogP contribution in [-0.4, -0.2) is 105 Å². The Morgan fingerprint density at radius 3 is 1.51 bits per heavy atom. The standard InChI is InChI=1S/2C23H20FN5O5S/c1-34-22(30)7-9-35(32,33)21-10-15(6-8-26-21)11-27-23(31)19-12-25-14-20-18(19)13-28-29(20)17-4-2-16(24)3-5-17;1-2-34-22(30)14-35(32,33)21-9-15(7-8-26-21)10-27-23(31)19-11-25-13-20-18(19)12-28-29(20)17-5-3-16(24)4-6-17/h2-6,8,10,12-14H,7,9,11H2,1H3,(H,27,31);3-9,11-13H,2,10,14H2,1H3,(H,27,31). The summed E-state index contributed by atoms with van der Waals surface area (Å²) in [7, 11) is -6.62. The van der Waals surface area contributed by atoms with Gasteiger partial charge in [-0.3, -0.25) is 29.1 Å². The molecule has 8 rings (SSSR count). The maximum Gasteiger partial charge on any atom is 0.321 e. The molecule has 0 aliphatic rings. The number of hydrogen-bond acceptors (Lipinski definition) is 16. The van der Waals surface area contributed by atoms with Crippen LogP contribution >= 0.6 is 0 Å². The van der Waals surface area contributed by atoms with Gasteiger partial charge in [-0.2, -0.15) is 10.2 Å². The number of nitrogens with zero attached hydrogens (tertiary/aromatic N) is 8. The highest BCUT2D eigenvalue weighted by atomic mass is 32.2. The minimum absolute atomic E-state index is 0.00572. The highest BCUT2D eigenvalue weighted by Crippen LogP contribution is 2.23. The van der Waals surface area contributed by atoms with Gasteiger partial charge in [0, 0.05) is 48.6 Å². The summed E-state index contributed by atoms with van der Waals surface area (Å²) in [5.41, 5.74) is 3.85. The SMILES string of the molecule is CCOC(=O)CS(=O)(=O)c1cc(CNC(=O)c2cncc3c2cnn3-c2ccc(F)cc2)ccn1.COC(=O)CCS(=O)(=O)c1cc(CNC(=O)c2cncc3c2cnn3-c2ccc(F)cc2)ccn1. The molecule has 20 nitrogen and oxygen atoms in total. The fraction of sp³-hybridized carbons (Fsp3) is 0.174. The van der Waals surface area contributed by atoms with Gasteiger partial charge >= 0.3 is 11.9 Å². The fourth-order valence-electron chi connectivity index (χ4n) is 6.69. The zero-order chi connectivity index (χ0) is 50.0.